The number of nitrogens with zero attached hydrogens (tertiary/aromatic N) is 1. The zero-order chi connectivity index (χ0) is 7.11. The van der Waals surface area contributed by atoms with E-state index in [1.54, 1.807) is 23.5 Å². The van der Waals surface area contributed by atoms with Crippen molar-refractivity contribution in [2.45, 2.75) is 6.42 Å². The maximum atomic E-state index is 8.14. The molecule has 0 heterocycles. The fourth-order valence-electron chi connectivity index (χ4n) is 0.239. The number of thiocarbonyl (C=S) groups is 1. The molecule has 0 aliphatic rings. The largest absolute Gasteiger partial charge is 0.198 e. The number of thioether (sulfide) groups is 2. The van der Waals surface area contributed by atoms with Crippen molar-refractivity contribution >= 4 is 39.3 Å². The Morgan fingerprint density at radius 3 is 2.89 bits per heavy atom. The molecule has 0 N–H and O–H groups in total. The van der Waals surface area contributed by atoms with Crippen LogP contribution in [0.4, 0.5) is 0 Å². The number of rotatable bonds is 2. The van der Waals surface area contributed by atoms with Crippen LogP contribution < -0.4 is 0 Å². The highest BCUT2D eigenvalue weighted by Crippen LogP contribution is 2.14. The summed E-state index contributed by atoms with van der Waals surface area (Å²) in [5.41, 5.74) is 0. The fourth-order valence-corrected chi connectivity index (χ4v) is 1.57. The molecule has 0 rings (SSSR count). The van der Waals surface area contributed by atoms with Gasteiger partial charge in [-0.25, -0.2) is 0 Å². The predicted molar refractivity (Wildman–Crippen MR) is 48.8 cm³/mol. The molecule has 9 heavy (non-hydrogen) atoms. The minimum absolute atomic E-state index is 0.589. The molecule has 0 radical (unpaired) electrons. The van der Waals surface area contributed by atoms with Crippen molar-refractivity contribution in [3.8, 4) is 6.07 Å². The molecule has 0 aliphatic heterocycles. The van der Waals surface area contributed by atoms with Crippen molar-refractivity contribution in [1.29, 1.82) is 5.26 Å². The zero-order valence-electron chi connectivity index (χ0n) is 5.09. The van der Waals surface area contributed by atoms with Gasteiger partial charge in [0.2, 0.25) is 0 Å². The second-order valence-corrected chi connectivity index (χ2v) is 4.32. The van der Waals surface area contributed by atoms with Crippen LogP contribution in [0.3, 0.4) is 0 Å². The van der Waals surface area contributed by atoms with Gasteiger partial charge in [0.15, 0.2) is 0 Å². The van der Waals surface area contributed by atoms with Gasteiger partial charge in [-0.05, 0) is 6.26 Å². The summed E-state index contributed by atoms with van der Waals surface area (Å²) in [6.07, 6.45) is 2.53. The third kappa shape index (κ3) is 6.16. The first-order valence-corrected chi connectivity index (χ1v) is 5.01. The van der Waals surface area contributed by atoms with Gasteiger partial charge in [0, 0.05) is 12.2 Å². The van der Waals surface area contributed by atoms with Gasteiger partial charge in [0.25, 0.3) is 0 Å². The molecule has 0 amide bonds. The van der Waals surface area contributed by atoms with Gasteiger partial charge < -0.3 is 0 Å². The number of nitriles is 1. The molecule has 0 aromatic carbocycles. The molecule has 0 saturated heterocycles. The molecule has 0 saturated carbocycles. The molecule has 0 fully saturated rings. The van der Waals surface area contributed by atoms with E-state index in [1.165, 1.54) is 0 Å². The summed E-state index contributed by atoms with van der Waals surface area (Å²) in [6, 6.07) is 2.06. The molecular formula is C5H7NS3. The summed E-state index contributed by atoms with van der Waals surface area (Å²) >= 11 is 8.02. The molecule has 0 spiro atoms. The summed E-state index contributed by atoms with van der Waals surface area (Å²) in [5.74, 6) is 0.830. The van der Waals surface area contributed by atoms with Gasteiger partial charge >= 0.3 is 0 Å². The Bertz CT molecular complexity index is 127. The monoisotopic (exact) mass is 177 g/mol. The molecule has 0 atom stereocenters. The van der Waals surface area contributed by atoms with E-state index < -0.39 is 0 Å². The maximum absolute atomic E-state index is 8.14. The van der Waals surface area contributed by atoms with Gasteiger partial charge in [-0.3, -0.25) is 0 Å². The van der Waals surface area contributed by atoms with E-state index in [0.29, 0.717) is 6.42 Å². The van der Waals surface area contributed by atoms with E-state index in [2.05, 4.69) is 6.07 Å². The highest BCUT2D eigenvalue weighted by Gasteiger charge is 1.92. The summed E-state index contributed by atoms with van der Waals surface area (Å²) in [4.78, 5) is 0. The third-order valence-corrected chi connectivity index (χ3v) is 3.28. The first-order chi connectivity index (χ1) is 4.31. The van der Waals surface area contributed by atoms with Crippen molar-refractivity contribution in [2.24, 2.45) is 0 Å². The van der Waals surface area contributed by atoms with E-state index in [0.717, 1.165) is 9.28 Å². The van der Waals surface area contributed by atoms with Gasteiger partial charge in [-0.15, -0.1) is 23.5 Å². The second-order valence-electron chi connectivity index (χ2n) is 1.21. The lowest BCUT2D eigenvalue weighted by atomic mass is 10.6. The minimum Gasteiger partial charge on any atom is -0.198 e. The lowest BCUT2D eigenvalue weighted by Crippen LogP contribution is -1.81. The Balaban J connectivity index is 3.09. The van der Waals surface area contributed by atoms with Crippen LogP contribution in [0.2, 0.25) is 0 Å². The molecule has 50 valence electrons. The first-order valence-electron chi connectivity index (χ1n) is 2.39. The quantitative estimate of drug-likeness (QED) is 0.477. The summed E-state index contributed by atoms with van der Waals surface area (Å²) in [7, 11) is 0. The van der Waals surface area contributed by atoms with Gasteiger partial charge in [0.05, 0.1) is 6.07 Å². The van der Waals surface area contributed by atoms with Gasteiger partial charge in [0.1, 0.15) is 3.53 Å². The van der Waals surface area contributed by atoms with Crippen LogP contribution in [-0.2, 0) is 0 Å². The Kier molecular flexibility index (Phi) is 6.60. The third-order valence-electron chi connectivity index (χ3n) is 0.600. The second kappa shape index (κ2) is 6.40. The van der Waals surface area contributed by atoms with Crippen molar-refractivity contribution in [3.63, 3.8) is 0 Å². The molecule has 4 heteroatoms. The van der Waals surface area contributed by atoms with Crippen LogP contribution in [-0.4, -0.2) is 15.5 Å². The van der Waals surface area contributed by atoms with Crippen molar-refractivity contribution in [1.82, 2.24) is 0 Å². The van der Waals surface area contributed by atoms with E-state index in [-0.39, 0.29) is 0 Å². The topological polar surface area (TPSA) is 23.8 Å². The Morgan fingerprint density at radius 1 is 1.78 bits per heavy atom. The van der Waals surface area contributed by atoms with Crippen molar-refractivity contribution in [2.75, 3.05) is 12.0 Å². The van der Waals surface area contributed by atoms with E-state index in [1.807, 2.05) is 6.26 Å². The molecule has 0 bridgehead atoms. The highest BCUT2D eigenvalue weighted by molar-refractivity contribution is 8.46. The van der Waals surface area contributed by atoms with Crippen LogP contribution in [0.5, 0.6) is 0 Å². The summed E-state index contributed by atoms with van der Waals surface area (Å²) in [6.45, 7) is 0. The number of hydrogen-bond acceptors (Lipinski definition) is 4. The van der Waals surface area contributed by atoms with Crippen LogP contribution in [0.25, 0.3) is 0 Å². The van der Waals surface area contributed by atoms with Crippen LogP contribution in [0.1, 0.15) is 6.42 Å². The average molecular weight is 177 g/mol. The summed E-state index contributed by atoms with van der Waals surface area (Å²) < 4.78 is 0.922. The Hall–Kier alpha value is 0.280. The van der Waals surface area contributed by atoms with E-state index >= 15 is 0 Å². The minimum atomic E-state index is 0.589. The molecular weight excluding hydrogens is 170 g/mol. The molecule has 0 aromatic rings. The van der Waals surface area contributed by atoms with Gasteiger partial charge in [-0.1, -0.05) is 12.2 Å². The Morgan fingerprint density at radius 2 is 2.44 bits per heavy atom. The van der Waals surface area contributed by atoms with Crippen molar-refractivity contribution in [3.05, 3.63) is 0 Å². The lowest BCUT2D eigenvalue weighted by Gasteiger charge is -1.93. The normalized spacial score (nSPS) is 8.44. The first kappa shape index (κ1) is 9.28. The van der Waals surface area contributed by atoms with Crippen LogP contribution >= 0.6 is 35.7 Å². The standard InChI is InChI=1S/C5H7NS3/c1-8-5(7)9-4-2-3-6/h2,4H2,1H3. The van der Waals surface area contributed by atoms with Gasteiger partial charge in [-0.2, -0.15) is 5.26 Å². The molecule has 0 unspecified atom stereocenters. The molecule has 0 aromatic heterocycles. The Labute approximate surface area is 69.2 Å². The average Bonchev–Trinajstić information content (AvgIpc) is 1.89. The molecule has 0 aliphatic carbocycles. The zero-order valence-corrected chi connectivity index (χ0v) is 7.54. The van der Waals surface area contributed by atoms with Crippen LogP contribution in [0, 0.1) is 11.3 Å². The maximum Gasteiger partial charge on any atom is 0.104 e. The van der Waals surface area contributed by atoms with Crippen LogP contribution in [0.15, 0.2) is 0 Å². The SMILES string of the molecule is CSC(=S)SCCC#N. The number of hydrogen-bond donors (Lipinski definition) is 0. The lowest BCUT2D eigenvalue weighted by molar-refractivity contribution is 1.25. The smallest absolute Gasteiger partial charge is 0.104 e. The molecule has 1 nitrogen and oxygen atoms in total. The van der Waals surface area contributed by atoms with Crippen molar-refractivity contribution < 1.29 is 0 Å². The fraction of sp³-hybridized carbons (Fsp3) is 0.600. The highest BCUT2D eigenvalue weighted by atomic mass is 32.2. The predicted octanol–water partition coefficient (Wildman–Crippen LogP) is 2.28. The van der Waals surface area contributed by atoms with E-state index in [4.69, 9.17) is 17.5 Å². The summed E-state index contributed by atoms with van der Waals surface area (Å²) in [5, 5.41) is 8.14. The van der Waals surface area contributed by atoms with E-state index in [9.17, 15) is 0 Å².